The number of aryl methyl sites for hydroxylation is 2. The maximum absolute atomic E-state index is 13.3. The minimum atomic E-state index is -0.349. The van der Waals surface area contributed by atoms with E-state index in [1.54, 1.807) is 0 Å². The van der Waals surface area contributed by atoms with E-state index in [9.17, 15) is 9.59 Å². The molecule has 2 amide bonds. The molecule has 1 aliphatic heterocycles. The Balaban J connectivity index is 0.000000349. The zero-order valence-electron chi connectivity index (χ0n) is 27.8. The van der Waals surface area contributed by atoms with Crippen LogP contribution in [0.4, 0.5) is 0 Å². The molecule has 4 aromatic rings. The number of nitrogens with zero attached hydrogens (tertiary/aromatic N) is 2. The number of benzene rings is 4. The molecule has 1 aliphatic rings. The number of guanidine groups is 1. The molecule has 4 aromatic carbocycles. The van der Waals surface area contributed by atoms with Gasteiger partial charge in [-0.25, -0.2) is 0 Å². The van der Waals surface area contributed by atoms with Gasteiger partial charge in [-0.1, -0.05) is 114 Å². The van der Waals surface area contributed by atoms with E-state index in [1.165, 1.54) is 27.5 Å². The van der Waals surface area contributed by atoms with Crippen LogP contribution in [0.3, 0.4) is 0 Å². The molecular formula is C38H51N7O2. The van der Waals surface area contributed by atoms with E-state index in [4.69, 9.17) is 17.2 Å². The summed E-state index contributed by atoms with van der Waals surface area (Å²) < 4.78 is 0. The SMILES string of the molecule is Cc1ccccc1.Cc1ccccc1.NCC(=O)NCC1CCN(CCc2ccc3ccccc3c2)C(=O)C(CCCN=C(N)N)N1. The lowest BCUT2D eigenvalue weighted by Gasteiger charge is -2.25. The third kappa shape index (κ3) is 14.1. The lowest BCUT2D eigenvalue weighted by molar-refractivity contribution is -0.132. The van der Waals surface area contributed by atoms with E-state index in [0.29, 0.717) is 39.0 Å². The molecule has 0 saturated carbocycles. The minimum absolute atomic E-state index is 0.0109. The van der Waals surface area contributed by atoms with Gasteiger partial charge in [0.1, 0.15) is 0 Å². The highest BCUT2D eigenvalue weighted by Crippen LogP contribution is 2.17. The molecule has 5 rings (SSSR count). The normalized spacial score (nSPS) is 15.7. The van der Waals surface area contributed by atoms with Crippen LogP contribution in [0.2, 0.25) is 0 Å². The first-order valence-electron chi connectivity index (χ1n) is 16.3. The van der Waals surface area contributed by atoms with Gasteiger partial charge in [0.25, 0.3) is 0 Å². The Kier molecular flexibility index (Phi) is 15.9. The second kappa shape index (κ2) is 20.4. The molecule has 0 aromatic heterocycles. The summed E-state index contributed by atoms with van der Waals surface area (Å²) in [5, 5.41) is 8.66. The summed E-state index contributed by atoms with van der Waals surface area (Å²) in [5.74, 6) is -0.0764. The van der Waals surface area contributed by atoms with Crippen LogP contribution in [-0.4, -0.2) is 67.5 Å². The topological polar surface area (TPSA) is 152 Å². The predicted molar refractivity (Wildman–Crippen MR) is 194 cm³/mol. The Morgan fingerprint density at radius 3 is 2.09 bits per heavy atom. The van der Waals surface area contributed by atoms with E-state index < -0.39 is 0 Å². The number of carbonyl (C=O) groups is 2. The van der Waals surface area contributed by atoms with Crippen molar-refractivity contribution in [3.63, 3.8) is 0 Å². The summed E-state index contributed by atoms with van der Waals surface area (Å²) in [5.41, 5.74) is 20.1. The van der Waals surface area contributed by atoms with Crippen molar-refractivity contribution >= 4 is 28.5 Å². The molecule has 9 heteroatoms. The predicted octanol–water partition coefficient (Wildman–Crippen LogP) is 4.06. The number of hydrogen-bond acceptors (Lipinski definition) is 5. The zero-order chi connectivity index (χ0) is 33.9. The fraction of sp³-hybridized carbons (Fsp3) is 0.342. The molecular weight excluding hydrogens is 586 g/mol. The highest BCUT2D eigenvalue weighted by molar-refractivity contribution is 5.84. The van der Waals surface area contributed by atoms with Crippen LogP contribution in [0.15, 0.2) is 108 Å². The van der Waals surface area contributed by atoms with E-state index in [-0.39, 0.29) is 36.4 Å². The van der Waals surface area contributed by atoms with Crippen molar-refractivity contribution in [1.29, 1.82) is 0 Å². The van der Waals surface area contributed by atoms with Crippen LogP contribution >= 0.6 is 0 Å². The van der Waals surface area contributed by atoms with Gasteiger partial charge in [0.2, 0.25) is 11.8 Å². The van der Waals surface area contributed by atoms with Gasteiger partial charge in [-0.05, 0) is 55.9 Å². The van der Waals surface area contributed by atoms with Gasteiger partial charge < -0.3 is 32.7 Å². The van der Waals surface area contributed by atoms with Crippen molar-refractivity contribution in [1.82, 2.24) is 15.5 Å². The maximum atomic E-state index is 13.3. The first-order chi connectivity index (χ1) is 22.7. The average Bonchev–Trinajstić information content (AvgIpc) is 3.23. The van der Waals surface area contributed by atoms with Gasteiger partial charge in [-0.15, -0.1) is 0 Å². The van der Waals surface area contributed by atoms with E-state index in [0.717, 1.165) is 12.8 Å². The molecule has 47 heavy (non-hydrogen) atoms. The van der Waals surface area contributed by atoms with Crippen LogP contribution in [-0.2, 0) is 16.0 Å². The van der Waals surface area contributed by atoms with Gasteiger partial charge in [0.05, 0.1) is 12.6 Å². The average molecular weight is 638 g/mol. The first kappa shape index (κ1) is 36.7. The molecule has 9 nitrogen and oxygen atoms in total. The van der Waals surface area contributed by atoms with Crippen molar-refractivity contribution < 1.29 is 9.59 Å². The third-order valence-corrected chi connectivity index (χ3v) is 7.84. The van der Waals surface area contributed by atoms with Gasteiger partial charge in [-0.3, -0.25) is 14.6 Å². The van der Waals surface area contributed by atoms with Crippen molar-refractivity contribution in [2.24, 2.45) is 22.2 Å². The minimum Gasteiger partial charge on any atom is -0.370 e. The van der Waals surface area contributed by atoms with Crippen LogP contribution in [0, 0.1) is 13.8 Å². The van der Waals surface area contributed by atoms with Crippen LogP contribution < -0.4 is 27.8 Å². The fourth-order valence-electron chi connectivity index (χ4n) is 5.21. The van der Waals surface area contributed by atoms with Crippen molar-refractivity contribution in [3.05, 3.63) is 120 Å². The number of nitrogens with one attached hydrogen (secondary N) is 2. The number of fused-ring (bicyclic) bond motifs is 1. The van der Waals surface area contributed by atoms with Gasteiger partial charge in [-0.2, -0.15) is 0 Å². The van der Waals surface area contributed by atoms with Gasteiger partial charge in [0.15, 0.2) is 5.96 Å². The second-order valence-electron chi connectivity index (χ2n) is 11.7. The summed E-state index contributed by atoms with van der Waals surface area (Å²) in [4.78, 5) is 30.9. The van der Waals surface area contributed by atoms with Crippen LogP contribution in [0.1, 0.15) is 36.0 Å². The standard InChI is InChI=1S/C24H35N7O2.2C7H8/c25-15-22(32)29-16-20-10-13-31(23(33)21(30-20)6-3-11-28-24(26)27)12-9-17-7-8-18-4-1-2-5-19(18)14-17;2*1-7-5-3-2-4-6-7/h1-2,4-5,7-8,14,20-21,30H,3,6,9-13,15-16,25H2,(H,29,32)(H4,26,27,28);2*2-6H,1H3. The van der Waals surface area contributed by atoms with Crippen molar-refractivity contribution in [2.75, 3.05) is 32.7 Å². The summed E-state index contributed by atoms with van der Waals surface area (Å²) in [6.45, 7) is 6.30. The molecule has 1 heterocycles. The maximum Gasteiger partial charge on any atom is 0.239 e. The monoisotopic (exact) mass is 637 g/mol. The largest absolute Gasteiger partial charge is 0.370 e. The summed E-state index contributed by atoms with van der Waals surface area (Å²) in [6, 6.07) is 34.9. The van der Waals surface area contributed by atoms with E-state index in [1.807, 2.05) is 53.4 Å². The Labute approximate surface area is 279 Å². The van der Waals surface area contributed by atoms with Crippen molar-refractivity contribution in [3.8, 4) is 0 Å². The molecule has 1 fully saturated rings. The number of aliphatic imine (C=N–C) groups is 1. The first-order valence-corrected chi connectivity index (χ1v) is 16.3. The molecule has 0 bridgehead atoms. The van der Waals surface area contributed by atoms with Crippen LogP contribution in [0.25, 0.3) is 10.8 Å². The Hall–Kier alpha value is -4.73. The Bertz CT molecular complexity index is 1490. The molecule has 0 spiro atoms. The molecule has 0 radical (unpaired) electrons. The smallest absolute Gasteiger partial charge is 0.239 e. The third-order valence-electron chi connectivity index (χ3n) is 7.84. The van der Waals surface area contributed by atoms with E-state index in [2.05, 4.69) is 84.1 Å². The van der Waals surface area contributed by atoms with E-state index >= 15 is 0 Å². The Morgan fingerprint density at radius 1 is 0.894 bits per heavy atom. The molecule has 0 aliphatic carbocycles. The second-order valence-corrected chi connectivity index (χ2v) is 11.7. The van der Waals surface area contributed by atoms with Crippen molar-refractivity contribution in [2.45, 2.75) is 51.6 Å². The number of hydrogen-bond donors (Lipinski definition) is 5. The molecule has 2 atom stereocenters. The highest BCUT2D eigenvalue weighted by Gasteiger charge is 2.30. The summed E-state index contributed by atoms with van der Waals surface area (Å²) in [6.07, 6.45) is 2.83. The number of nitrogens with two attached hydrogens (primary N) is 3. The molecule has 8 N–H and O–H groups in total. The zero-order valence-corrected chi connectivity index (χ0v) is 27.8. The number of rotatable bonds is 10. The quantitative estimate of drug-likeness (QED) is 0.101. The lowest BCUT2D eigenvalue weighted by Crippen LogP contribution is -2.49. The summed E-state index contributed by atoms with van der Waals surface area (Å²) in [7, 11) is 0. The summed E-state index contributed by atoms with van der Waals surface area (Å²) >= 11 is 0. The lowest BCUT2D eigenvalue weighted by atomic mass is 10.0. The number of amides is 2. The van der Waals surface area contributed by atoms with Crippen LogP contribution in [0.5, 0.6) is 0 Å². The highest BCUT2D eigenvalue weighted by atomic mass is 16.2. The molecule has 1 saturated heterocycles. The fourth-order valence-corrected chi connectivity index (χ4v) is 5.21. The number of carbonyl (C=O) groups excluding carboxylic acids is 2. The van der Waals surface area contributed by atoms with Gasteiger partial charge in [0, 0.05) is 32.2 Å². The van der Waals surface area contributed by atoms with Gasteiger partial charge >= 0.3 is 0 Å². The molecule has 250 valence electrons. The Morgan fingerprint density at radius 2 is 1.51 bits per heavy atom. The molecule has 2 unspecified atom stereocenters.